The number of aryl methyl sites for hydroxylation is 1. The fourth-order valence-electron chi connectivity index (χ4n) is 4.12. The lowest BCUT2D eigenvalue weighted by atomic mass is 9.96. The molecular weight excluding hydrogens is 387 g/mol. The Morgan fingerprint density at radius 1 is 0.871 bits per heavy atom. The molecule has 4 rings (SSSR count). The van der Waals surface area contributed by atoms with Gasteiger partial charge in [-0.25, -0.2) is 4.39 Å². The van der Waals surface area contributed by atoms with Gasteiger partial charge in [-0.15, -0.1) is 0 Å². The number of hydrogen-bond acceptors (Lipinski definition) is 2. The Bertz CT molecular complexity index is 1000. The topological polar surface area (TPSA) is 23.6 Å². The first-order chi connectivity index (χ1) is 15.1. The number of piperazine rings is 1. The number of amides is 1. The van der Waals surface area contributed by atoms with Crippen LogP contribution in [0.3, 0.4) is 0 Å². The van der Waals surface area contributed by atoms with Crippen LogP contribution in [0.25, 0.3) is 6.08 Å². The summed E-state index contributed by atoms with van der Waals surface area (Å²) in [6.45, 7) is 4.71. The predicted molar refractivity (Wildman–Crippen MR) is 123 cm³/mol. The normalized spacial score (nSPS) is 15.0. The molecule has 0 spiro atoms. The summed E-state index contributed by atoms with van der Waals surface area (Å²) in [6, 6.07) is 26.2. The van der Waals surface area contributed by atoms with E-state index in [1.807, 2.05) is 30.0 Å². The summed E-state index contributed by atoms with van der Waals surface area (Å²) >= 11 is 0. The van der Waals surface area contributed by atoms with Crippen molar-refractivity contribution >= 4 is 12.0 Å². The highest BCUT2D eigenvalue weighted by molar-refractivity contribution is 5.91. The Labute approximate surface area is 183 Å². The summed E-state index contributed by atoms with van der Waals surface area (Å²) in [5.74, 6) is -0.377. The lowest BCUT2D eigenvalue weighted by Crippen LogP contribution is -2.49. The highest BCUT2D eigenvalue weighted by Gasteiger charge is 2.27. The maximum Gasteiger partial charge on any atom is 0.246 e. The molecule has 0 unspecified atom stereocenters. The summed E-state index contributed by atoms with van der Waals surface area (Å²) in [6.07, 6.45) is 3.05. The molecule has 0 bridgehead atoms. The Balaban J connectivity index is 1.44. The van der Waals surface area contributed by atoms with E-state index in [-0.39, 0.29) is 17.8 Å². The molecule has 1 aliphatic heterocycles. The van der Waals surface area contributed by atoms with E-state index < -0.39 is 0 Å². The van der Waals surface area contributed by atoms with Crippen LogP contribution < -0.4 is 0 Å². The SMILES string of the molecule is Cc1ccc(/C=C/C(=O)N2CCN(C(c3ccccc3)c3ccccc3)CC2)c(F)c1. The second kappa shape index (κ2) is 9.71. The number of benzene rings is 3. The maximum atomic E-state index is 14.0. The van der Waals surface area contributed by atoms with E-state index in [4.69, 9.17) is 0 Å². The molecule has 3 aromatic rings. The fourth-order valence-corrected chi connectivity index (χ4v) is 4.12. The van der Waals surface area contributed by atoms with Gasteiger partial charge in [-0.3, -0.25) is 9.69 Å². The van der Waals surface area contributed by atoms with Crippen LogP contribution in [-0.4, -0.2) is 41.9 Å². The zero-order valence-electron chi connectivity index (χ0n) is 17.7. The lowest BCUT2D eigenvalue weighted by molar-refractivity contribution is -0.127. The Hall–Kier alpha value is -3.24. The molecule has 3 aromatic carbocycles. The van der Waals surface area contributed by atoms with Crippen LogP contribution >= 0.6 is 0 Å². The lowest BCUT2D eigenvalue weighted by Gasteiger charge is -2.39. The van der Waals surface area contributed by atoms with Gasteiger partial charge in [0, 0.05) is 37.8 Å². The van der Waals surface area contributed by atoms with Crippen molar-refractivity contribution in [2.24, 2.45) is 0 Å². The molecule has 1 fully saturated rings. The average Bonchev–Trinajstić information content (AvgIpc) is 2.80. The largest absolute Gasteiger partial charge is 0.337 e. The van der Waals surface area contributed by atoms with E-state index in [0.29, 0.717) is 18.7 Å². The van der Waals surface area contributed by atoms with E-state index in [2.05, 4.69) is 53.4 Å². The minimum Gasteiger partial charge on any atom is -0.337 e. The van der Waals surface area contributed by atoms with Crippen molar-refractivity contribution < 1.29 is 9.18 Å². The van der Waals surface area contributed by atoms with Crippen LogP contribution in [0, 0.1) is 12.7 Å². The van der Waals surface area contributed by atoms with Crippen LogP contribution in [0.4, 0.5) is 4.39 Å². The standard InChI is InChI=1S/C27H27FN2O/c1-21-12-13-22(25(28)20-21)14-15-26(31)29-16-18-30(19-17-29)27(23-8-4-2-5-9-23)24-10-6-3-7-11-24/h2-15,20,27H,16-19H2,1H3/b15-14+. The predicted octanol–water partition coefficient (Wildman–Crippen LogP) is 5.08. The molecule has 0 N–H and O–H groups in total. The molecule has 0 radical (unpaired) electrons. The van der Waals surface area contributed by atoms with Crippen LogP contribution in [0.5, 0.6) is 0 Å². The summed E-state index contributed by atoms with van der Waals surface area (Å²) in [5.41, 5.74) is 3.81. The average molecular weight is 415 g/mol. The van der Waals surface area contributed by atoms with Crippen LogP contribution in [0.2, 0.25) is 0 Å². The van der Waals surface area contributed by atoms with Gasteiger partial charge in [0.2, 0.25) is 5.91 Å². The quantitative estimate of drug-likeness (QED) is 0.544. The monoisotopic (exact) mass is 414 g/mol. The number of hydrogen-bond donors (Lipinski definition) is 0. The van der Waals surface area contributed by atoms with Gasteiger partial charge >= 0.3 is 0 Å². The van der Waals surface area contributed by atoms with Gasteiger partial charge in [0.15, 0.2) is 0 Å². The van der Waals surface area contributed by atoms with Crippen LogP contribution in [0.1, 0.15) is 28.3 Å². The zero-order valence-corrected chi connectivity index (χ0v) is 17.7. The van der Waals surface area contributed by atoms with Gasteiger partial charge in [-0.1, -0.05) is 72.8 Å². The summed E-state index contributed by atoms with van der Waals surface area (Å²) < 4.78 is 14.0. The summed E-state index contributed by atoms with van der Waals surface area (Å²) in [7, 11) is 0. The number of carbonyl (C=O) groups excluding carboxylic acids is 1. The third-order valence-electron chi connectivity index (χ3n) is 5.78. The molecular formula is C27H27FN2O. The Kier molecular flexibility index (Phi) is 6.58. The minimum atomic E-state index is -0.303. The first kappa shape index (κ1) is 21.0. The summed E-state index contributed by atoms with van der Waals surface area (Å²) in [4.78, 5) is 16.9. The van der Waals surface area contributed by atoms with E-state index in [1.54, 1.807) is 12.1 Å². The number of nitrogens with zero attached hydrogens (tertiary/aromatic N) is 2. The van der Waals surface area contributed by atoms with Gasteiger partial charge in [0.25, 0.3) is 0 Å². The Morgan fingerprint density at radius 3 is 2.00 bits per heavy atom. The third kappa shape index (κ3) is 5.09. The Morgan fingerprint density at radius 2 is 1.45 bits per heavy atom. The molecule has 0 aliphatic carbocycles. The van der Waals surface area contributed by atoms with Crippen molar-refractivity contribution in [1.82, 2.24) is 9.80 Å². The first-order valence-electron chi connectivity index (χ1n) is 10.7. The van der Waals surface area contributed by atoms with Gasteiger partial charge < -0.3 is 4.90 Å². The second-order valence-corrected chi connectivity index (χ2v) is 7.94. The molecule has 158 valence electrons. The number of halogens is 1. The molecule has 3 nitrogen and oxygen atoms in total. The van der Waals surface area contributed by atoms with Gasteiger partial charge in [-0.2, -0.15) is 0 Å². The van der Waals surface area contributed by atoms with E-state index in [9.17, 15) is 9.18 Å². The highest BCUT2D eigenvalue weighted by Crippen LogP contribution is 2.29. The maximum absolute atomic E-state index is 14.0. The van der Waals surface area contributed by atoms with Crippen molar-refractivity contribution in [2.45, 2.75) is 13.0 Å². The molecule has 31 heavy (non-hydrogen) atoms. The van der Waals surface area contributed by atoms with Gasteiger partial charge in [-0.05, 0) is 35.8 Å². The third-order valence-corrected chi connectivity index (χ3v) is 5.78. The van der Waals surface area contributed by atoms with E-state index in [1.165, 1.54) is 23.3 Å². The van der Waals surface area contributed by atoms with Gasteiger partial charge in [0.1, 0.15) is 5.82 Å². The molecule has 4 heteroatoms. The van der Waals surface area contributed by atoms with Crippen LogP contribution in [0.15, 0.2) is 84.9 Å². The molecule has 1 heterocycles. The molecule has 0 saturated carbocycles. The smallest absolute Gasteiger partial charge is 0.246 e. The minimum absolute atomic E-state index is 0.0735. The molecule has 1 aliphatic rings. The zero-order chi connectivity index (χ0) is 21.6. The second-order valence-electron chi connectivity index (χ2n) is 7.94. The van der Waals surface area contributed by atoms with Crippen molar-refractivity contribution in [3.63, 3.8) is 0 Å². The molecule has 1 amide bonds. The highest BCUT2D eigenvalue weighted by atomic mass is 19.1. The van der Waals surface area contributed by atoms with E-state index in [0.717, 1.165) is 18.7 Å². The van der Waals surface area contributed by atoms with Crippen molar-refractivity contribution in [3.05, 3.63) is 113 Å². The van der Waals surface area contributed by atoms with Crippen molar-refractivity contribution in [2.75, 3.05) is 26.2 Å². The van der Waals surface area contributed by atoms with Crippen LogP contribution in [-0.2, 0) is 4.79 Å². The van der Waals surface area contributed by atoms with Gasteiger partial charge in [0.05, 0.1) is 6.04 Å². The molecule has 0 atom stereocenters. The molecule has 0 aromatic heterocycles. The number of rotatable bonds is 5. The van der Waals surface area contributed by atoms with Crippen molar-refractivity contribution in [3.8, 4) is 0 Å². The summed E-state index contributed by atoms with van der Waals surface area (Å²) in [5, 5.41) is 0. The first-order valence-corrected chi connectivity index (χ1v) is 10.7. The fraction of sp³-hybridized carbons (Fsp3) is 0.222. The molecule has 1 saturated heterocycles. The van der Waals surface area contributed by atoms with E-state index >= 15 is 0 Å². The van der Waals surface area contributed by atoms with Crippen molar-refractivity contribution in [1.29, 1.82) is 0 Å². The number of carbonyl (C=O) groups is 1.